The Hall–Kier alpha value is -3.34. The van der Waals surface area contributed by atoms with Gasteiger partial charge in [-0.25, -0.2) is 0 Å². The number of benzene rings is 3. The molecule has 0 atom stereocenters. The molecule has 0 heterocycles. The Kier molecular flexibility index (Phi) is 8.27. The van der Waals surface area contributed by atoms with Gasteiger partial charge in [0.2, 0.25) is 0 Å². The molecule has 154 valence electrons. The van der Waals surface area contributed by atoms with Gasteiger partial charge in [-0.1, -0.05) is 32.4 Å². The lowest BCUT2D eigenvalue weighted by Crippen LogP contribution is -1.93. The van der Waals surface area contributed by atoms with E-state index in [1.165, 1.54) is 18.4 Å². The Morgan fingerprint density at radius 3 is 1.43 bits per heavy atom. The molecule has 3 aromatic rings. The van der Waals surface area contributed by atoms with Crippen LogP contribution >= 0.6 is 0 Å². The van der Waals surface area contributed by atoms with Crippen molar-refractivity contribution in [1.29, 1.82) is 0 Å². The molecule has 0 radical (unpaired) electrons. The minimum absolute atomic E-state index is 0.717. The van der Waals surface area contributed by atoms with Crippen LogP contribution in [0.5, 0.6) is 5.75 Å². The van der Waals surface area contributed by atoms with Gasteiger partial charge in [0.1, 0.15) is 5.75 Å². The summed E-state index contributed by atoms with van der Waals surface area (Å²) in [6.07, 6.45) is 4.52. The van der Waals surface area contributed by atoms with Gasteiger partial charge >= 0.3 is 0 Å². The maximum Gasteiger partial charge on any atom is 0.119 e. The molecule has 0 spiro atoms. The zero-order chi connectivity index (χ0) is 21.0. The number of rotatable bonds is 10. The first-order valence-electron chi connectivity index (χ1n) is 10.5. The molecule has 0 amide bonds. The van der Waals surface area contributed by atoms with E-state index in [1.807, 2.05) is 60.7 Å². The van der Waals surface area contributed by atoms with Crippen molar-refractivity contribution in [1.82, 2.24) is 0 Å². The molecule has 5 nitrogen and oxygen atoms in total. The number of hydrogen-bond acceptors (Lipinski definition) is 5. The molecule has 0 aliphatic rings. The first kappa shape index (κ1) is 21.4. The van der Waals surface area contributed by atoms with Crippen LogP contribution in [-0.2, 0) is 6.42 Å². The van der Waals surface area contributed by atoms with Gasteiger partial charge in [0.05, 0.1) is 29.4 Å². The normalized spacial score (nSPS) is 11.4. The molecule has 0 saturated carbocycles. The van der Waals surface area contributed by atoms with Crippen molar-refractivity contribution in [2.24, 2.45) is 20.5 Å². The van der Waals surface area contributed by atoms with Crippen LogP contribution in [-0.4, -0.2) is 6.61 Å². The summed E-state index contributed by atoms with van der Waals surface area (Å²) in [5, 5.41) is 17.2. The van der Waals surface area contributed by atoms with E-state index in [2.05, 4.69) is 46.4 Å². The lowest BCUT2D eigenvalue weighted by atomic mass is 10.1. The zero-order valence-electron chi connectivity index (χ0n) is 17.7. The third-order valence-corrected chi connectivity index (χ3v) is 4.48. The van der Waals surface area contributed by atoms with Crippen molar-refractivity contribution in [3.63, 3.8) is 0 Å². The fraction of sp³-hybridized carbons (Fsp3) is 0.280. The molecule has 3 aromatic carbocycles. The molecule has 5 heteroatoms. The van der Waals surface area contributed by atoms with E-state index in [0.717, 1.165) is 47.9 Å². The van der Waals surface area contributed by atoms with E-state index in [1.54, 1.807) is 0 Å². The van der Waals surface area contributed by atoms with E-state index in [9.17, 15) is 0 Å². The molecule has 0 N–H and O–H groups in total. The summed E-state index contributed by atoms with van der Waals surface area (Å²) in [6, 6.07) is 23.4. The number of nitrogens with zero attached hydrogens (tertiary/aromatic N) is 4. The lowest BCUT2D eigenvalue weighted by Gasteiger charge is -2.03. The van der Waals surface area contributed by atoms with Crippen LogP contribution in [0.25, 0.3) is 0 Å². The number of unbranched alkanes of at least 4 members (excludes halogenated alkanes) is 1. The van der Waals surface area contributed by atoms with E-state index < -0.39 is 0 Å². The molecule has 3 rings (SSSR count). The van der Waals surface area contributed by atoms with Gasteiger partial charge in [0, 0.05) is 0 Å². The van der Waals surface area contributed by atoms with Gasteiger partial charge in [-0.05, 0) is 85.5 Å². The summed E-state index contributed by atoms with van der Waals surface area (Å²) in [4.78, 5) is 0. The summed E-state index contributed by atoms with van der Waals surface area (Å²) in [5.74, 6) is 0.848. The SMILES string of the molecule is CCCCc1ccc(N=Nc2ccc(N=Nc3ccc(OCCC)cc3)cc2)cc1. The molecule has 30 heavy (non-hydrogen) atoms. The zero-order valence-corrected chi connectivity index (χ0v) is 17.7. The van der Waals surface area contributed by atoms with Gasteiger partial charge in [0.25, 0.3) is 0 Å². The van der Waals surface area contributed by atoms with Crippen LogP contribution in [0.1, 0.15) is 38.7 Å². The largest absolute Gasteiger partial charge is 0.494 e. The molecule has 0 fully saturated rings. The van der Waals surface area contributed by atoms with Crippen LogP contribution in [0.15, 0.2) is 93.3 Å². The maximum absolute atomic E-state index is 5.57. The predicted molar refractivity (Wildman–Crippen MR) is 122 cm³/mol. The molecular formula is C25H28N4O. The summed E-state index contributed by atoms with van der Waals surface area (Å²) in [5.41, 5.74) is 4.52. The molecule has 0 aliphatic heterocycles. The predicted octanol–water partition coefficient (Wildman–Crippen LogP) is 8.65. The lowest BCUT2D eigenvalue weighted by molar-refractivity contribution is 0.317. The van der Waals surface area contributed by atoms with Crippen molar-refractivity contribution in [3.05, 3.63) is 78.4 Å². The highest BCUT2D eigenvalue weighted by Gasteiger charge is 1.97. The Morgan fingerprint density at radius 1 is 0.567 bits per heavy atom. The average Bonchev–Trinajstić information content (AvgIpc) is 2.80. The highest BCUT2D eigenvalue weighted by atomic mass is 16.5. The Bertz CT molecular complexity index is 865. The molecule has 0 aromatic heterocycles. The quantitative estimate of drug-likeness (QED) is 0.314. The third kappa shape index (κ3) is 6.92. The van der Waals surface area contributed by atoms with Crippen molar-refractivity contribution in [3.8, 4) is 5.75 Å². The maximum atomic E-state index is 5.57. The second-order valence-electron chi connectivity index (χ2n) is 7.03. The molecular weight excluding hydrogens is 372 g/mol. The first-order valence-corrected chi connectivity index (χ1v) is 10.5. The van der Waals surface area contributed by atoms with Crippen LogP contribution in [0.2, 0.25) is 0 Å². The number of ether oxygens (including phenoxy) is 1. The summed E-state index contributed by atoms with van der Waals surface area (Å²) in [7, 11) is 0. The van der Waals surface area contributed by atoms with Crippen molar-refractivity contribution >= 4 is 22.7 Å². The molecule has 0 bridgehead atoms. The van der Waals surface area contributed by atoms with Crippen molar-refractivity contribution < 1.29 is 4.74 Å². The number of azo groups is 2. The van der Waals surface area contributed by atoms with Gasteiger partial charge in [-0.3, -0.25) is 0 Å². The fourth-order valence-corrected chi connectivity index (χ4v) is 2.76. The van der Waals surface area contributed by atoms with Crippen LogP contribution < -0.4 is 4.74 Å². The molecule has 0 aliphatic carbocycles. The Balaban J connectivity index is 1.55. The van der Waals surface area contributed by atoms with E-state index >= 15 is 0 Å². The Morgan fingerprint density at radius 2 is 1.00 bits per heavy atom. The van der Waals surface area contributed by atoms with Crippen molar-refractivity contribution in [2.45, 2.75) is 39.5 Å². The van der Waals surface area contributed by atoms with E-state index in [4.69, 9.17) is 4.74 Å². The van der Waals surface area contributed by atoms with Crippen LogP contribution in [0.4, 0.5) is 22.7 Å². The molecule has 0 unspecified atom stereocenters. The summed E-state index contributed by atoms with van der Waals surface area (Å²) < 4.78 is 5.57. The number of aryl methyl sites for hydroxylation is 1. The monoisotopic (exact) mass is 400 g/mol. The van der Waals surface area contributed by atoms with E-state index in [-0.39, 0.29) is 0 Å². The van der Waals surface area contributed by atoms with Gasteiger partial charge in [-0.2, -0.15) is 20.5 Å². The minimum Gasteiger partial charge on any atom is -0.494 e. The molecule has 0 saturated heterocycles. The third-order valence-electron chi connectivity index (χ3n) is 4.48. The Labute approximate surface area is 178 Å². The van der Waals surface area contributed by atoms with Gasteiger partial charge in [-0.15, -0.1) is 0 Å². The highest BCUT2D eigenvalue weighted by Crippen LogP contribution is 2.24. The van der Waals surface area contributed by atoms with E-state index in [0.29, 0.717) is 0 Å². The van der Waals surface area contributed by atoms with Gasteiger partial charge < -0.3 is 4.74 Å². The fourth-order valence-electron chi connectivity index (χ4n) is 2.76. The standard InChI is InChI=1S/C25H28N4O/c1-3-5-6-20-7-9-21(10-8-20)26-27-22-11-13-23(14-12-22)28-29-24-15-17-25(18-16-24)30-19-4-2/h7-18H,3-6,19H2,1-2H3. The second kappa shape index (κ2) is 11.6. The van der Waals surface area contributed by atoms with Gasteiger partial charge in [0.15, 0.2) is 0 Å². The van der Waals surface area contributed by atoms with Crippen molar-refractivity contribution in [2.75, 3.05) is 6.61 Å². The number of hydrogen-bond donors (Lipinski definition) is 0. The highest BCUT2D eigenvalue weighted by molar-refractivity contribution is 5.48. The average molecular weight is 401 g/mol. The van der Waals surface area contributed by atoms with Crippen LogP contribution in [0, 0.1) is 0 Å². The smallest absolute Gasteiger partial charge is 0.119 e. The summed E-state index contributed by atoms with van der Waals surface area (Å²) in [6.45, 7) is 5.01. The van der Waals surface area contributed by atoms with Crippen LogP contribution in [0.3, 0.4) is 0 Å². The first-order chi connectivity index (χ1) is 14.8. The second-order valence-corrected chi connectivity index (χ2v) is 7.03. The minimum atomic E-state index is 0.717. The topological polar surface area (TPSA) is 58.7 Å². The summed E-state index contributed by atoms with van der Waals surface area (Å²) >= 11 is 0.